The second kappa shape index (κ2) is 6.21. The van der Waals surface area contributed by atoms with E-state index < -0.39 is 12.1 Å². The Hall–Kier alpha value is -0.810. The Labute approximate surface area is 108 Å². The lowest BCUT2D eigenvalue weighted by atomic mass is 10.2. The molecule has 0 heterocycles. The number of hydrogen-bond donors (Lipinski definition) is 1. The fourth-order valence-electron chi connectivity index (χ4n) is 1.53. The molecule has 0 spiro atoms. The van der Waals surface area contributed by atoms with Crippen LogP contribution in [0.5, 0.6) is 0 Å². The van der Waals surface area contributed by atoms with Gasteiger partial charge in [0.1, 0.15) is 6.54 Å². The number of aliphatic carboxylic acids is 1. The van der Waals surface area contributed by atoms with E-state index in [2.05, 4.69) is 0 Å². The minimum Gasteiger partial charge on any atom is -1.00 e. The maximum absolute atomic E-state index is 11.5. The summed E-state index contributed by atoms with van der Waals surface area (Å²) in [4.78, 5) is 22.1. The second-order valence-electron chi connectivity index (χ2n) is 5.40. The number of rotatable bonds is 6. The lowest BCUT2D eigenvalue weighted by molar-refractivity contribution is -0.873. The highest BCUT2D eigenvalue weighted by Crippen LogP contribution is 2.30. The molecule has 0 saturated heterocycles. The Bertz CT molecular complexity index is 284. The van der Waals surface area contributed by atoms with Crippen LogP contribution in [0.2, 0.25) is 0 Å². The molecule has 1 fully saturated rings. The van der Waals surface area contributed by atoms with E-state index in [1.807, 2.05) is 21.1 Å². The van der Waals surface area contributed by atoms with Crippen molar-refractivity contribution in [2.75, 3.05) is 27.7 Å². The smallest absolute Gasteiger partial charge is 0.309 e. The van der Waals surface area contributed by atoms with Gasteiger partial charge in [-0.05, 0) is 12.8 Å². The maximum Gasteiger partial charge on any atom is 0.309 e. The molecule has 1 atom stereocenters. The molecule has 0 aromatic carbocycles. The average Bonchev–Trinajstić information content (AvgIpc) is 2.79. The molecule has 1 aliphatic rings. The molecule has 1 saturated carbocycles. The first-order valence-corrected chi connectivity index (χ1v) is 5.50. The summed E-state index contributed by atoms with van der Waals surface area (Å²) >= 11 is 0. The highest BCUT2D eigenvalue weighted by Gasteiger charge is 2.34. The number of nitrogens with zero attached hydrogens (tertiary/aromatic N) is 1. The first kappa shape index (κ1) is 16.2. The molecular formula is C11H20ClNO4. The molecule has 1 rings (SSSR count). The summed E-state index contributed by atoms with van der Waals surface area (Å²) in [5.74, 6) is -1.15. The number of ether oxygens (including phenoxy) is 1. The summed E-state index contributed by atoms with van der Waals surface area (Å²) in [6.07, 6.45) is 1.12. The van der Waals surface area contributed by atoms with Gasteiger partial charge in [0, 0.05) is 0 Å². The highest BCUT2D eigenvalue weighted by molar-refractivity contribution is 5.75. The number of carbonyl (C=O) groups excluding carboxylic acids is 1. The van der Waals surface area contributed by atoms with Crippen LogP contribution in [0.15, 0.2) is 0 Å². The van der Waals surface area contributed by atoms with Gasteiger partial charge in [-0.2, -0.15) is 0 Å². The van der Waals surface area contributed by atoms with Crippen LogP contribution in [0.25, 0.3) is 0 Å². The molecule has 1 aliphatic carbocycles. The number of likely N-dealkylation sites (N-methyl/N-ethyl adjacent to an activating group) is 1. The van der Waals surface area contributed by atoms with Gasteiger partial charge in [-0.1, -0.05) is 0 Å². The maximum atomic E-state index is 11.5. The average molecular weight is 266 g/mol. The Balaban J connectivity index is 0.00000256. The van der Waals surface area contributed by atoms with Gasteiger partial charge in [0.05, 0.1) is 33.5 Å². The summed E-state index contributed by atoms with van der Waals surface area (Å²) < 4.78 is 5.81. The Morgan fingerprint density at radius 1 is 1.35 bits per heavy atom. The van der Waals surface area contributed by atoms with E-state index in [1.165, 1.54) is 0 Å². The Morgan fingerprint density at radius 2 is 1.88 bits per heavy atom. The third kappa shape index (κ3) is 7.18. The van der Waals surface area contributed by atoms with Gasteiger partial charge in [0.2, 0.25) is 0 Å². The molecule has 6 heteroatoms. The van der Waals surface area contributed by atoms with Crippen molar-refractivity contribution in [1.29, 1.82) is 0 Å². The summed E-state index contributed by atoms with van der Waals surface area (Å²) in [7, 11) is 5.83. The van der Waals surface area contributed by atoms with Crippen molar-refractivity contribution in [1.82, 2.24) is 0 Å². The number of carboxylic acid groups (broad SMARTS) is 1. The molecule has 0 amide bonds. The van der Waals surface area contributed by atoms with Crippen LogP contribution < -0.4 is 12.4 Å². The monoisotopic (exact) mass is 265 g/mol. The number of carboxylic acids is 1. The Morgan fingerprint density at radius 3 is 2.24 bits per heavy atom. The van der Waals surface area contributed by atoms with Gasteiger partial charge in [-0.15, -0.1) is 0 Å². The molecule has 0 aromatic heterocycles. The number of carbonyl (C=O) groups is 2. The SMILES string of the molecule is C[N+](C)(C)CC(CC(=O)O)OC(=O)C1CC1.[Cl-]. The van der Waals surface area contributed by atoms with Gasteiger partial charge in [-0.3, -0.25) is 9.59 Å². The van der Waals surface area contributed by atoms with Crippen LogP contribution in [-0.4, -0.2) is 55.3 Å². The van der Waals surface area contributed by atoms with Crippen molar-refractivity contribution in [3.05, 3.63) is 0 Å². The number of hydrogen-bond acceptors (Lipinski definition) is 3. The minimum absolute atomic E-state index is 0. The second-order valence-corrected chi connectivity index (χ2v) is 5.40. The van der Waals surface area contributed by atoms with Gasteiger partial charge in [0.15, 0.2) is 6.10 Å². The number of quaternary nitrogens is 1. The van der Waals surface area contributed by atoms with Crippen molar-refractivity contribution in [3.8, 4) is 0 Å². The van der Waals surface area contributed by atoms with E-state index >= 15 is 0 Å². The molecule has 0 radical (unpaired) electrons. The first-order chi connectivity index (χ1) is 7.28. The normalized spacial score (nSPS) is 16.9. The van der Waals surface area contributed by atoms with E-state index in [4.69, 9.17) is 9.84 Å². The molecular weight excluding hydrogens is 246 g/mol. The van der Waals surface area contributed by atoms with Crippen LogP contribution in [-0.2, 0) is 14.3 Å². The lowest BCUT2D eigenvalue weighted by Crippen LogP contribution is -3.00. The quantitative estimate of drug-likeness (QED) is 0.426. The molecule has 0 aliphatic heterocycles. The van der Waals surface area contributed by atoms with Crippen LogP contribution in [0, 0.1) is 5.92 Å². The van der Waals surface area contributed by atoms with Gasteiger partial charge in [0.25, 0.3) is 0 Å². The predicted octanol–water partition coefficient (Wildman–Crippen LogP) is -2.51. The van der Waals surface area contributed by atoms with E-state index in [1.54, 1.807) is 0 Å². The topological polar surface area (TPSA) is 63.6 Å². The summed E-state index contributed by atoms with van der Waals surface area (Å²) in [5, 5.41) is 8.75. The standard InChI is InChI=1S/C11H19NO4.ClH/c1-12(2,3)7-9(6-10(13)14)16-11(15)8-4-5-8;/h8-9H,4-7H2,1-3H3;1H. The van der Waals surface area contributed by atoms with Crippen molar-refractivity contribution in [2.45, 2.75) is 25.4 Å². The highest BCUT2D eigenvalue weighted by atomic mass is 35.5. The molecule has 17 heavy (non-hydrogen) atoms. The molecule has 0 bridgehead atoms. The number of halogens is 1. The summed E-state index contributed by atoms with van der Waals surface area (Å²) in [5.41, 5.74) is 0. The molecule has 0 aromatic rings. The fourth-order valence-corrected chi connectivity index (χ4v) is 1.53. The molecule has 100 valence electrons. The van der Waals surface area contributed by atoms with Crippen LogP contribution in [0.4, 0.5) is 0 Å². The Kier molecular flexibility index (Phi) is 5.92. The zero-order valence-corrected chi connectivity index (χ0v) is 11.2. The van der Waals surface area contributed by atoms with Gasteiger partial charge in [-0.25, -0.2) is 0 Å². The molecule has 1 unspecified atom stereocenters. The van der Waals surface area contributed by atoms with Gasteiger partial charge >= 0.3 is 11.9 Å². The predicted molar refractivity (Wildman–Crippen MR) is 57.8 cm³/mol. The lowest BCUT2D eigenvalue weighted by Gasteiger charge is -2.28. The zero-order chi connectivity index (χ0) is 12.3. The summed E-state index contributed by atoms with van der Waals surface area (Å²) in [6.45, 7) is 0.519. The minimum atomic E-state index is -0.929. The van der Waals surface area contributed by atoms with Crippen LogP contribution in [0.3, 0.4) is 0 Å². The fraction of sp³-hybridized carbons (Fsp3) is 0.818. The van der Waals surface area contributed by atoms with Crippen LogP contribution in [0.1, 0.15) is 19.3 Å². The molecule has 5 nitrogen and oxygen atoms in total. The molecule has 1 N–H and O–H groups in total. The van der Waals surface area contributed by atoms with E-state index in [0.29, 0.717) is 11.0 Å². The third-order valence-corrected chi connectivity index (χ3v) is 2.35. The van der Waals surface area contributed by atoms with Crippen LogP contribution >= 0.6 is 0 Å². The van der Waals surface area contributed by atoms with Gasteiger partial charge < -0.3 is 26.7 Å². The zero-order valence-electron chi connectivity index (χ0n) is 10.5. The van der Waals surface area contributed by atoms with Crippen molar-refractivity contribution < 1.29 is 36.3 Å². The van der Waals surface area contributed by atoms with Crippen molar-refractivity contribution >= 4 is 11.9 Å². The van der Waals surface area contributed by atoms with Crippen molar-refractivity contribution in [3.63, 3.8) is 0 Å². The van der Waals surface area contributed by atoms with E-state index in [-0.39, 0.29) is 30.7 Å². The number of esters is 1. The van der Waals surface area contributed by atoms with E-state index in [9.17, 15) is 9.59 Å². The summed E-state index contributed by atoms with van der Waals surface area (Å²) in [6, 6.07) is 0. The van der Waals surface area contributed by atoms with E-state index in [0.717, 1.165) is 12.8 Å². The van der Waals surface area contributed by atoms with Crippen molar-refractivity contribution in [2.24, 2.45) is 5.92 Å². The largest absolute Gasteiger partial charge is 1.00 e. The third-order valence-electron chi connectivity index (χ3n) is 2.35. The first-order valence-electron chi connectivity index (χ1n) is 5.50.